The summed E-state index contributed by atoms with van der Waals surface area (Å²) >= 11 is 0.0174. The summed E-state index contributed by atoms with van der Waals surface area (Å²) in [5.74, 6) is 0.455. The highest BCUT2D eigenvalue weighted by Gasteiger charge is 2.04. The number of phenolic OH excluding ortho intramolecular Hbond substituents is 1. The van der Waals surface area contributed by atoms with Gasteiger partial charge in [-0.05, 0) is 26.0 Å². The molecule has 0 aliphatic rings. The SMILES string of the molecule is CC(C)Oc1ccc(SF)c(O)c1. The molecule has 0 spiro atoms. The number of benzene rings is 1. The second kappa shape index (κ2) is 4.37. The lowest BCUT2D eigenvalue weighted by atomic mass is 10.3. The molecular formula is C9H11FO2S. The molecule has 0 fully saturated rings. The lowest BCUT2D eigenvalue weighted by Crippen LogP contribution is -2.05. The predicted octanol–water partition coefficient (Wildman–Crippen LogP) is 3.16. The van der Waals surface area contributed by atoms with E-state index in [9.17, 15) is 8.99 Å². The Morgan fingerprint density at radius 2 is 2.15 bits per heavy atom. The molecule has 0 aromatic heterocycles. The molecule has 0 heterocycles. The van der Waals surface area contributed by atoms with E-state index < -0.39 is 0 Å². The molecule has 72 valence electrons. The Hall–Kier alpha value is -0.900. The molecule has 13 heavy (non-hydrogen) atoms. The van der Waals surface area contributed by atoms with Gasteiger partial charge in [-0.2, -0.15) is 3.89 Å². The minimum absolute atomic E-state index is 0.0174. The lowest BCUT2D eigenvalue weighted by Gasteiger charge is -2.10. The molecule has 0 saturated carbocycles. The average Bonchev–Trinajstić information content (AvgIpc) is 2.03. The van der Waals surface area contributed by atoms with Gasteiger partial charge >= 0.3 is 0 Å². The standard InChI is InChI=1S/C9H11FO2S/c1-6(2)12-7-3-4-9(13-10)8(11)5-7/h3-6,11H,1-2H3. The van der Waals surface area contributed by atoms with Crippen molar-refractivity contribution < 1.29 is 13.7 Å². The number of halogens is 1. The molecule has 1 N–H and O–H groups in total. The third-order valence-corrected chi connectivity index (χ3v) is 1.90. The van der Waals surface area contributed by atoms with Crippen molar-refractivity contribution in [3.63, 3.8) is 0 Å². The van der Waals surface area contributed by atoms with Crippen LogP contribution in [-0.2, 0) is 0 Å². The van der Waals surface area contributed by atoms with Gasteiger partial charge in [0.2, 0.25) is 0 Å². The monoisotopic (exact) mass is 202 g/mol. The van der Waals surface area contributed by atoms with Crippen LogP contribution in [0.2, 0.25) is 0 Å². The van der Waals surface area contributed by atoms with E-state index in [4.69, 9.17) is 4.74 Å². The van der Waals surface area contributed by atoms with E-state index in [0.29, 0.717) is 5.75 Å². The normalized spacial score (nSPS) is 10.5. The number of hydrogen-bond acceptors (Lipinski definition) is 3. The molecule has 0 amide bonds. The van der Waals surface area contributed by atoms with Crippen LogP contribution in [0.5, 0.6) is 11.5 Å². The van der Waals surface area contributed by atoms with Crippen LogP contribution in [0.3, 0.4) is 0 Å². The van der Waals surface area contributed by atoms with Gasteiger partial charge in [-0.25, -0.2) is 0 Å². The summed E-state index contributed by atoms with van der Waals surface area (Å²) in [4.78, 5) is 0.205. The van der Waals surface area contributed by atoms with Gasteiger partial charge in [0.05, 0.1) is 23.1 Å². The van der Waals surface area contributed by atoms with Gasteiger partial charge in [-0.3, -0.25) is 0 Å². The van der Waals surface area contributed by atoms with Crippen molar-refractivity contribution in [1.82, 2.24) is 0 Å². The average molecular weight is 202 g/mol. The summed E-state index contributed by atoms with van der Waals surface area (Å²) in [5.41, 5.74) is 0. The minimum atomic E-state index is -0.0920. The summed E-state index contributed by atoms with van der Waals surface area (Å²) in [7, 11) is 0. The van der Waals surface area contributed by atoms with Gasteiger partial charge in [-0.15, -0.1) is 0 Å². The van der Waals surface area contributed by atoms with Gasteiger partial charge < -0.3 is 9.84 Å². The number of rotatable bonds is 3. The maximum Gasteiger partial charge on any atom is 0.135 e. The third-order valence-electron chi connectivity index (χ3n) is 1.39. The molecule has 0 bridgehead atoms. The molecule has 0 unspecified atom stereocenters. The van der Waals surface area contributed by atoms with E-state index in [1.54, 1.807) is 6.07 Å². The first kappa shape index (κ1) is 10.2. The fourth-order valence-corrected chi connectivity index (χ4v) is 1.17. The Kier molecular flexibility index (Phi) is 3.42. The molecule has 1 aromatic rings. The number of aromatic hydroxyl groups is 1. The molecule has 0 aliphatic carbocycles. The van der Waals surface area contributed by atoms with Crippen molar-refractivity contribution in [2.75, 3.05) is 0 Å². The molecular weight excluding hydrogens is 191 g/mol. The topological polar surface area (TPSA) is 29.5 Å². The minimum Gasteiger partial charge on any atom is -0.507 e. The quantitative estimate of drug-likeness (QED) is 0.816. The van der Waals surface area contributed by atoms with E-state index in [0.717, 1.165) is 0 Å². The van der Waals surface area contributed by atoms with Crippen LogP contribution in [0.15, 0.2) is 23.1 Å². The van der Waals surface area contributed by atoms with E-state index in [2.05, 4.69) is 0 Å². The number of phenols is 1. The van der Waals surface area contributed by atoms with Gasteiger partial charge in [0.15, 0.2) is 0 Å². The Bertz CT molecular complexity index is 289. The Balaban J connectivity index is 2.83. The molecule has 0 radical (unpaired) electrons. The highest BCUT2D eigenvalue weighted by Crippen LogP contribution is 2.32. The van der Waals surface area contributed by atoms with Crippen molar-refractivity contribution >= 4 is 12.1 Å². The zero-order chi connectivity index (χ0) is 9.84. The fraction of sp³-hybridized carbons (Fsp3) is 0.333. The van der Waals surface area contributed by atoms with Crippen molar-refractivity contribution in [3.05, 3.63) is 18.2 Å². The van der Waals surface area contributed by atoms with Crippen molar-refractivity contribution in [2.24, 2.45) is 0 Å². The maximum atomic E-state index is 12.1. The largest absolute Gasteiger partial charge is 0.507 e. The zero-order valence-electron chi connectivity index (χ0n) is 7.45. The van der Waals surface area contributed by atoms with E-state index in [1.165, 1.54) is 12.1 Å². The Morgan fingerprint density at radius 3 is 2.62 bits per heavy atom. The van der Waals surface area contributed by atoms with Crippen LogP contribution in [0.4, 0.5) is 3.89 Å². The van der Waals surface area contributed by atoms with Gasteiger partial charge in [0.25, 0.3) is 0 Å². The van der Waals surface area contributed by atoms with Crippen LogP contribution in [0, 0.1) is 0 Å². The van der Waals surface area contributed by atoms with E-state index in [1.807, 2.05) is 13.8 Å². The molecule has 4 heteroatoms. The maximum absolute atomic E-state index is 12.1. The van der Waals surface area contributed by atoms with Crippen LogP contribution >= 0.6 is 12.1 Å². The fourth-order valence-electron chi connectivity index (χ4n) is 0.908. The molecule has 0 aliphatic heterocycles. The van der Waals surface area contributed by atoms with Crippen molar-refractivity contribution in [1.29, 1.82) is 0 Å². The summed E-state index contributed by atoms with van der Waals surface area (Å²) in [6.45, 7) is 3.77. The Morgan fingerprint density at radius 1 is 1.46 bits per heavy atom. The molecule has 1 rings (SSSR count). The molecule has 2 nitrogen and oxygen atoms in total. The molecule has 1 aromatic carbocycles. The summed E-state index contributed by atoms with van der Waals surface area (Å²) in [5, 5.41) is 9.26. The van der Waals surface area contributed by atoms with Crippen molar-refractivity contribution in [3.8, 4) is 11.5 Å². The van der Waals surface area contributed by atoms with Gasteiger partial charge in [0, 0.05) is 6.07 Å². The first-order chi connectivity index (χ1) is 6.13. The number of ether oxygens (including phenoxy) is 1. The van der Waals surface area contributed by atoms with E-state index in [-0.39, 0.29) is 28.9 Å². The summed E-state index contributed by atoms with van der Waals surface area (Å²) < 4.78 is 17.4. The second-order valence-electron chi connectivity index (χ2n) is 2.87. The predicted molar refractivity (Wildman–Crippen MR) is 50.8 cm³/mol. The lowest BCUT2D eigenvalue weighted by molar-refractivity contribution is 0.241. The number of hydrogen-bond donors (Lipinski definition) is 1. The zero-order valence-corrected chi connectivity index (χ0v) is 8.27. The van der Waals surface area contributed by atoms with E-state index >= 15 is 0 Å². The van der Waals surface area contributed by atoms with Gasteiger partial charge in [0.1, 0.15) is 11.5 Å². The highest BCUT2D eigenvalue weighted by atomic mass is 32.2. The third kappa shape index (κ3) is 2.81. The van der Waals surface area contributed by atoms with Crippen molar-refractivity contribution in [2.45, 2.75) is 24.8 Å². The van der Waals surface area contributed by atoms with Crippen LogP contribution < -0.4 is 4.74 Å². The molecule has 0 atom stereocenters. The summed E-state index contributed by atoms with van der Waals surface area (Å²) in [6, 6.07) is 4.52. The van der Waals surface area contributed by atoms with Crippen LogP contribution in [0.1, 0.15) is 13.8 Å². The summed E-state index contributed by atoms with van der Waals surface area (Å²) in [6.07, 6.45) is 0.0447. The van der Waals surface area contributed by atoms with Crippen LogP contribution in [0.25, 0.3) is 0 Å². The first-order valence-corrected chi connectivity index (χ1v) is 4.63. The second-order valence-corrected chi connectivity index (χ2v) is 3.47. The Labute approximate surface area is 81.0 Å². The smallest absolute Gasteiger partial charge is 0.135 e. The molecule has 0 saturated heterocycles. The van der Waals surface area contributed by atoms with Gasteiger partial charge in [-0.1, -0.05) is 0 Å². The first-order valence-electron chi connectivity index (χ1n) is 3.91. The highest BCUT2D eigenvalue weighted by molar-refractivity contribution is 7.94. The van der Waals surface area contributed by atoms with Crippen LogP contribution in [-0.4, -0.2) is 11.2 Å².